The maximum absolute atomic E-state index is 11.3. The van der Waals surface area contributed by atoms with Crippen molar-refractivity contribution >= 4 is 5.97 Å². The van der Waals surface area contributed by atoms with Gasteiger partial charge in [0.2, 0.25) is 0 Å². The summed E-state index contributed by atoms with van der Waals surface area (Å²) >= 11 is 0. The van der Waals surface area contributed by atoms with E-state index in [0.29, 0.717) is 18.0 Å². The van der Waals surface area contributed by atoms with Crippen LogP contribution in [0.2, 0.25) is 0 Å². The fourth-order valence-corrected chi connectivity index (χ4v) is 1.17. The highest BCUT2D eigenvalue weighted by Crippen LogP contribution is 2.14. The first-order chi connectivity index (χ1) is 7.31. The van der Waals surface area contributed by atoms with E-state index in [0.717, 1.165) is 5.69 Å². The van der Waals surface area contributed by atoms with Crippen LogP contribution in [0.1, 0.15) is 17.4 Å². The maximum atomic E-state index is 11.3. The summed E-state index contributed by atoms with van der Waals surface area (Å²) in [7, 11) is 0. The number of aromatic nitrogens is 4. The summed E-state index contributed by atoms with van der Waals surface area (Å²) in [6, 6.07) is 3.39. The fraction of sp³-hybridized carbons (Fsp3) is 0.222. The lowest BCUT2D eigenvalue weighted by Crippen LogP contribution is -2.04. The van der Waals surface area contributed by atoms with E-state index in [-0.39, 0.29) is 0 Å². The third kappa shape index (κ3) is 1.88. The first-order valence-corrected chi connectivity index (χ1v) is 4.53. The van der Waals surface area contributed by atoms with E-state index in [2.05, 4.69) is 20.4 Å². The van der Waals surface area contributed by atoms with Crippen LogP contribution < -0.4 is 0 Å². The van der Waals surface area contributed by atoms with E-state index in [1.165, 1.54) is 0 Å². The molecule has 0 atom stereocenters. The number of nitrogens with zero attached hydrogens (tertiary/aromatic N) is 2. The quantitative estimate of drug-likeness (QED) is 0.733. The van der Waals surface area contributed by atoms with Gasteiger partial charge in [0.05, 0.1) is 12.3 Å². The fourth-order valence-electron chi connectivity index (χ4n) is 1.17. The van der Waals surface area contributed by atoms with Crippen LogP contribution in [-0.4, -0.2) is 33.0 Å². The molecule has 0 aliphatic rings. The second-order valence-electron chi connectivity index (χ2n) is 2.86. The molecule has 0 unspecified atom stereocenters. The predicted molar refractivity (Wildman–Crippen MR) is 52.1 cm³/mol. The Balaban J connectivity index is 2.21. The SMILES string of the molecule is CCOC(=O)c1cc(-c2ccn[nH]2)n[nH]1. The summed E-state index contributed by atoms with van der Waals surface area (Å²) in [5.74, 6) is -0.407. The van der Waals surface area contributed by atoms with E-state index in [9.17, 15) is 4.79 Å². The number of esters is 1. The highest BCUT2D eigenvalue weighted by molar-refractivity contribution is 5.88. The molecule has 0 spiro atoms. The van der Waals surface area contributed by atoms with Crippen molar-refractivity contribution in [2.24, 2.45) is 0 Å². The number of H-pyrrole nitrogens is 2. The molecule has 0 aliphatic carbocycles. The molecule has 0 bridgehead atoms. The maximum Gasteiger partial charge on any atom is 0.356 e. The monoisotopic (exact) mass is 206 g/mol. The Morgan fingerprint density at radius 1 is 1.53 bits per heavy atom. The molecule has 0 aromatic carbocycles. The number of ether oxygens (including phenoxy) is 1. The van der Waals surface area contributed by atoms with Gasteiger partial charge in [0.15, 0.2) is 0 Å². The van der Waals surface area contributed by atoms with Gasteiger partial charge in [-0.05, 0) is 13.0 Å². The van der Waals surface area contributed by atoms with Crippen molar-refractivity contribution in [1.29, 1.82) is 0 Å². The molecule has 0 saturated heterocycles. The minimum atomic E-state index is -0.407. The van der Waals surface area contributed by atoms with Gasteiger partial charge < -0.3 is 4.74 Å². The number of nitrogens with one attached hydrogen (secondary N) is 2. The van der Waals surface area contributed by atoms with Gasteiger partial charge in [-0.2, -0.15) is 10.2 Å². The van der Waals surface area contributed by atoms with Gasteiger partial charge >= 0.3 is 5.97 Å². The van der Waals surface area contributed by atoms with Gasteiger partial charge in [0, 0.05) is 12.3 Å². The molecule has 2 aromatic rings. The molecule has 0 radical (unpaired) electrons. The van der Waals surface area contributed by atoms with Crippen LogP contribution >= 0.6 is 0 Å². The van der Waals surface area contributed by atoms with Crippen LogP contribution in [0.4, 0.5) is 0 Å². The van der Waals surface area contributed by atoms with Crippen LogP contribution in [0.5, 0.6) is 0 Å². The van der Waals surface area contributed by atoms with Gasteiger partial charge in [0.1, 0.15) is 11.4 Å². The van der Waals surface area contributed by atoms with Crippen LogP contribution in [0.15, 0.2) is 18.3 Å². The lowest BCUT2D eigenvalue weighted by molar-refractivity contribution is 0.0519. The molecule has 0 amide bonds. The number of hydrogen-bond acceptors (Lipinski definition) is 4. The Bertz CT molecular complexity index is 446. The number of carbonyl (C=O) groups is 1. The Morgan fingerprint density at radius 2 is 2.40 bits per heavy atom. The topological polar surface area (TPSA) is 83.7 Å². The number of carbonyl (C=O) groups excluding carboxylic acids is 1. The lowest BCUT2D eigenvalue weighted by Gasteiger charge is -1.95. The molecular formula is C9H10N4O2. The minimum Gasteiger partial charge on any atom is -0.461 e. The molecule has 6 heteroatoms. The molecule has 6 nitrogen and oxygen atoms in total. The van der Waals surface area contributed by atoms with Crippen molar-refractivity contribution in [3.8, 4) is 11.4 Å². The van der Waals surface area contributed by atoms with Crippen molar-refractivity contribution in [1.82, 2.24) is 20.4 Å². The van der Waals surface area contributed by atoms with Crippen LogP contribution in [-0.2, 0) is 4.74 Å². The second kappa shape index (κ2) is 3.95. The molecule has 78 valence electrons. The highest BCUT2D eigenvalue weighted by Gasteiger charge is 2.11. The largest absolute Gasteiger partial charge is 0.461 e. The van der Waals surface area contributed by atoms with Crippen molar-refractivity contribution in [2.75, 3.05) is 6.61 Å². The van der Waals surface area contributed by atoms with Crippen molar-refractivity contribution < 1.29 is 9.53 Å². The number of rotatable bonds is 3. The van der Waals surface area contributed by atoms with Gasteiger partial charge in [-0.15, -0.1) is 0 Å². The van der Waals surface area contributed by atoms with E-state index in [4.69, 9.17) is 4.74 Å². The van der Waals surface area contributed by atoms with Gasteiger partial charge in [-0.3, -0.25) is 10.2 Å². The van der Waals surface area contributed by atoms with Gasteiger partial charge in [-0.25, -0.2) is 4.79 Å². The average molecular weight is 206 g/mol. The Morgan fingerprint density at radius 3 is 3.07 bits per heavy atom. The third-order valence-electron chi connectivity index (χ3n) is 1.85. The molecule has 2 aromatic heterocycles. The summed E-state index contributed by atoms with van der Waals surface area (Å²) in [5, 5.41) is 13.1. The molecule has 2 N–H and O–H groups in total. The molecule has 15 heavy (non-hydrogen) atoms. The summed E-state index contributed by atoms with van der Waals surface area (Å²) in [6.45, 7) is 2.10. The summed E-state index contributed by atoms with van der Waals surface area (Å²) in [4.78, 5) is 11.3. The molecule has 0 aliphatic heterocycles. The second-order valence-corrected chi connectivity index (χ2v) is 2.86. The highest BCUT2D eigenvalue weighted by atomic mass is 16.5. The van der Waals surface area contributed by atoms with E-state index < -0.39 is 5.97 Å². The smallest absolute Gasteiger partial charge is 0.356 e. The lowest BCUT2D eigenvalue weighted by atomic mass is 10.3. The summed E-state index contributed by atoms with van der Waals surface area (Å²) < 4.78 is 4.82. The molecule has 2 heterocycles. The van der Waals surface area contributed by atoms with Crippen LogP contribution in [0.3, 0.4) is 0 Å². The van der Waals surface area contributed by atoms with E-state index in [1.807, 2.05) is 0 Å². The summed E-state index contributed by atoms with van der Waals surface area (Å²) in [5.41, 5.74) is 1.72. The third-order valence-corrected chi connectivity index (χ3v) is 1.85. The van der Waals surface area contributed by atoms with Crippen molar-refractivity contribution in [3.05, 3.63) is 24.0 Å². The average Bonchev–Trinajstić information content (AvgIpc) is 2.89. The van der Waals surface area contributed by atoms with Gasteiger partial charge in [0.25, 0.3) is 0 Å². The normalized spacial score (nSPS) is 10.2. The van der Waals surface area contributed by atoms with E-state index >= 15 is 0 Å². The van der Waals surface area contributed by atoms with Crippen molar-refractivity contribution in [2.45, 2.75) is 6.92 Å². The predicted octanol–water partition coefficient (Wildman–Crippen LogP) is 0.976. The number of aromatic amines is 2. The number of hydrogen-bond donors (Lipinski definition) is 2. The van der Waals surface area contributed by atoms with Crippen LogP contribution in [0.25, 0.3) is 11.4 Å². The Labute approximate surface area is 85.7 Å². The Kier molecular flexibility index (Phi) is 2.49. The molecule has 0 saturated carbocycles. The van der Waals surface area contributed by atoms with E-state index in [1.54, 1.807) is 25.3 Å². The zero-order chi connectivity index (χ0) is 10.7. The molecule has 2 rings (SSSR count). The summed E-state index contributed by atoms with van der Waals surface area (Å²) in [6.07, 6.45) is 1.62. The Hall–Kier alpha value is -2.11. The standard InChI is InChI=1S/C9H10N4O2/c1-2-15-9(14)8-5-7(12-13-8)6-3-4-10-11-6/h3-5H,2H2,1H3,(H,10,11)(H,12,13). The zero-order valence-corrected chi connectivity index (χ0v) is 8.15. The molecular weight excluding hydrogens is 196 g/mol. The minimum absolute atomic E-state index is 0.335. The van der Waals surface area contributed by atoms with Crippen molar-refractivity contribution in [3.63, 3.8) is 0 Å². The van der Waals surface area contributed by atoms with Gasteiger partial charge in [-0.1, -0.05) is 0 Å². The first-order valence-electron chi connectivity index (χ1n) is 4.53. The zero-order valence-electron chi connectivity index (χ0n) is 8.15. The molecule has 0 fully saturated rings. The van der Waals surface area contributed by atoms with Crippen LogP contribution in [0, 0.1) is 0 Å². The first kappa shape index (κ1) is 9.45.